The van der Waals surface area contributed by atoms with Gasteiger partial charge in [-0.15, -0.1) is 0 Å². The average molecular weight is 194 g/mol. The largest absolute Gasteiger partial charge is 0.385 e. The summed E-state index contributed by atoms with van der Waals surface area (Å²) in [6.45, 7) is 2.23. The molecule has 1 aliphatic rings. The number of aromatic nitrogens is 2. The van der Waals surface area contributed by atoms with Crippen molar-refractivity contribution in [3.05, 3.63) is 18.2 Å². The highest BCUT2D eigenvalue weighted by Crippen LogP contribution is 2.39. The lowest BCUT2D eigenvalue weighted by atomic mass is 9.92. The van der Waals surface area contributed by atoms with E-state index in [1.54, 1.807) is 6.20 Å². The quantitative estimate of drug-likeness (QED) is 0.780. The highest BCUT2D eigenvalue weighted by atomic mass is 16.3. The summed E-state index contributed by atoms with van der Waals surface area (Å²) in [6, 6.07) is 0. The Morgan fingerprint density at radius 1 is 1.57 bits per heavy atom. The Balaban J connectivity index is 2.15. The molecule has 0 bridgehead atoms. The van der Waals surface area contributed by atoms with Crippen LogP contribution in [0.3, 0.4) is 0 Å². The molecule has 1 aromatic rings. The lowest BCUT2D eigenvalue weighted by Gasteiger charge is -2.21. The highest BCUT2D eigenvalue weighted by Gasteiger charge is 2.32. The maximum atomic E-state index is 10.2. The van der Waals surface area contributed by atoms with Crippen molar-refractivity contribution in [1.82, 2.24) is 9.55 Å². The second-order valence-electron chi connectivity index (χ2n) is 4.41. The molecular weight excluding hydrogens is 176 g/mol. The summed E-state index contributed by atoms with van der Waals surface area (Å²) in [6.07, 6.45) is 6.87. The van der Waals surface area contributed by atoms with E-state index in [1.165, 1.54) is 12.8 Å². The second-order valence-corrected chi connectivity index (χ2v) is 4.41. The zero-order chi connectivity index (χ0) is 10.1. The first-order valence-corrected chi connectivity index (χ1v) is 5.35. The van der Waals surface area contributed by atoms with Gasteiger partial charge in [0.05, 0.1) is 0 Å². The molecule has 0 aromatic carbocycles. The maximum absolute atomic E-state index is 10.2. The number of aryl methyl sites for hydroxylation is 1. The number of imidazole rings is 1. The Kier molecular flexibility index (Phi) is 2.59. The van der Waals surface area contributed by atoms with Crippen molar-refractivity contribution in [2.45, 2.75) is 32.3 Å². The second kappa shape index (κ2) is 3.73. The number of aliphatic hydroxyl groups excluding tert-OH is 1. The van der Waals surface area contributed by atoms with Crippen LogP contribution in [0.15, 0.2) is 12.4 Å². The van der Waals surface area contributed by atoms with Crippen LogP contribution in [-0.2, 0) is 7.05 Å². The third-order valence-corrected chi connectivity index (χ3v) is 3.46. The minimum absolute atomic E-state index is 0.382. The molecule has 3 nitrogen and oxygen atoms in total. The smallest absolute Gasteiger partial charge is 0.137 e. The van der Waals surface area contributed by atoms with Crippen LogP contribution < -0.4 is 0 Å². The number of nitrogens with zero attached hydrogens (tertiary/aromatic N) is 2. The van der Waals surface area contributed by atoms with E-state index in [-0.39, 0.29) is 6.10 Å². The molecule has 0 radical (unpaired) electrons. The van der Waals surface area contributed by atoms with Crippen LogP contribution in [0, 0.1) is 11.8 Å². The summed E-state index contributed by atoms with van der Waals surface area (Å²) >= 11 is 0. The summed E-state index contributed by atoms with van der Waals surface area (Å²) < 4.78 is 1.91. The lowest BCUT2D eigenvalue weighted by Crippen LogP contribution is -2.18. The zero-order valence-corrected chi connectivity index (χ0v) is 8.85. The van der Waals surface area contributed by atoms with Crippen LogP contribution >= 0.6 is 0 Å². The van der Waals surface area contributed by atoms with Crippen molar-refractivity contribution in [3.63, 3.8) is 0 Å². The number of rotatable bonds is 2. The fourth-order valence-electron chi connectivity index (χ4n) is 2.50. The predicted octanol–water partition coefficient (Wildman–Crippen LogP) is 1.89. The van der Waals surface area contributed by atoms with Gasteiger partial charge in [0.25, 0.3) is 0 Å². The molecule has 1 saturated carbocycles. The Bertz CT molecular complexity index is 308. The van der Waals surface area contributed by atoms with E-state index in [1.807, 2.05) is 17.8 Å². The Hall–Kier alpha value is -0.830. The minimum Gasteiger partial charge on any atom is -0.385 e. The number of hydrogen-bond donors (Lipinski definition) is 1. The van der Waals surface area contributed by atoms with Crippen molar-refractivity contribution in [3.8, 4) is 0 Å². The van der Waals surface area contributed by atoms with Crippen LogP contribution in [-0.4, -0.2) is 14.7 Å². The first-order chi connectivity index (χ1) is 6.70. The van der Waals surface area contributed by atoms with Gasteiger partial charge < -0.3 is 9.67 Å². The summed E-state index contributed by atoms with van der Waals surface area (Å²) in [5.74, 6) is 1.83. The number of aliphatic hydroxyl groups is 1. The molecule has 2 rings (SSSR count). The molecule has 1 aromatic heterocycles. The Morgan fingerprint density at radius 3 is 2.86 bits per heavy atom. The van der Waals surface area contributed by atoms with Gasteiger partial charge in [-0.1, -0.05) is 19.8 Å². The number of hydrogen-bond acceptors (Lipinski definition) is 2. The van der Waals surface area contributed by atoms with Gasteiger partial charge in [-0.25, -0.2) is 4.98 Å². The van der Waals surface area contributed by atoms with Crippen molar-refractivity contribution < 1.29 is 5.11 Å². The van der Waals surface area contributed by atoms with Crippen molar-refractivity contribution in [2.75, 3.05) is 0 Å². The van der Waals surface area contributed by atoms with Gasteiger partial charge in [-0.05, 0) is 18.3 Å². The van der Waals surface area contributed by atoms with Crippen LogP contribution in [0.4, 0.5) is 0 Å². The highest BCUT2D eigenvalue weighted by molar-refractivity contribution is 4.99. The SMILES string of the molecule is CC1CCCC1C(O)c1nccn1C. The Labute approximate surface area is 84.8 Å². The van der Waals surface area contributed by atoms with Crippen LogP contribution in [0.25, 0.3) is 0 Å². The van der Waals surface area contributed by atoms with E-state index in [2.05, 4.69) is 11.9 Å². The van der Waals surface area contributed by atoms with Gasteiger partial charge in [0.1, 0.15) is 11.9 Å². The molecule has 78 valence electrons. The molecule has 0 aliphatic heterocycles. The average Bonchev–Trinajstić information content (AvgIpc) is 2.73. The van der Waals surface area contributed by atoms with Gasteiger partial charge in [0.2, 0.25) is 0 Å². The molecule has 3 unspecified atom stereocenters. The summed E-state index contributed by atoms with van der Waals surface area (Å²) in [7, 11) is 1.94. The predicted molar refractivity (Wildman–Crippen MR) is 54.7 cm³/mol. The summed E-state index contributed by atoms with van der Waals surface area (Å²) in [4.78, 5) is 4.21. The molecule has 3 atom stereocenters. The molecule has 1 N–H and O–H groups in total. The molecule has 1 fully saturated rings. The van der Waals surface area contributed by atoms with E-state index in [4.69, 9.17) is 0 Å². The van der Waals surface area contributed by atoms with Gasteiger partial charge in [0, 0.05) is 19.4 Å². The first kappa shape index (κ1) is 9.71. The molecular formula is C11H18N2O. The summed E-state index contributed by atoms with van der Waals surface area (Å²) in [5.41, 5.74) is 0. The fraction of sp³-hybridized carbons (Fsp3) is 0.727. The van der Waals surface area contributed by atoms with E-state index in [0.717, 1.165) is 12.2 Å². The maximum Gasteiger partial charge on any atom is 0.137 e. The van der Waals surface area contributed by atoms with Gasteiger partial charge >= 0.3 is 0 Å². The van der Waals surface area contributed by atoms with E-state index < -0.39 is 0 Å². The van der Waals surface area contributed by atoms with Gasteiger partial charge in [-0.3, -0.25) is 0 Å². The van der Waals surface area contributed by atoms with E-state index in [9.17, 15) is 5.11 Å². The molecule has 1 aliphatic carbocycles. The van der Waals surface area contributed by atoms with Crippen LogP contribution in [0.1, 0.15) is 38.1 Å². The zero-order valence-electron chi connectivity index (χ0n) is 8.85. The van der Waals surface area contributed by atoms with Crippen LogP contribution in [0.5, 0.6) is 0 Å². The lowest BCUT2D eigenvalue weighted by molar-refractivity contribution is 0.0795. The van der Waals surface area contributed by atoms with E-state index >= 15 is 0 Å². The molecule has 3 heteroatoms. The molecule has 0 spiro atoms. The van der Waals surface area contributed by atoms with Crippen molar-refractivity contribution in [1.29, 1.82) is 0 Å². The molecule has 1 heterocycles. The minimum atomic E-state index is -0.382. The normalized spacial score (nSPS) is 29.4. The third kappa shape index (κ3) is 1.57. The summed E-state index contributed by atoms with van der Waals surface area (Å²) in [5, 5.41) is 10.2. The van der Waals surface area contributed by atoms with Gasteiger partial charge in [0.15, 0.2) is 0 Å². The fourth-order valence-corrected chi connectivity index (χ4v) is 2.50. The van der Waals surface area contributed by atoms with Gasteiger partial charge in [-0.2, -0.15) is 0 Å². The van der Waals surface area contributed by atoms with E-state index in [0.29, 0.717) is 11.8 Å². The molecule has 0 amide bonds. The van der Waals surface area contributed by atoms with Crippen LogP contribution in [0.2, 0.25) is 0 Å². The van der Waals surface area contributed by atoms with Crippen molar-refractivity contribution in [2.24, 2.45) is 18.9 Å². The third-order valence-electron chi connectivity index (χ3n) is 3.46. The molecule has 14 heavy (non-hydrogen) atoms. The monoisotopic (exact) mass is 194 g/mol. The Morgan fingerprint density at radius 2 is 2.36 bits per heavy atom. The topological polar surface area (TPSA) is 38.1 Å². The standard InChI is InChI=1S/C11H18N2O/c1-8-4-3-5-9(8)10(14)11-12-6-7-13(11)2/h6-10,14H,3-5H2,1-2H3. The van der Waals surface area contributed by atoms with Crippen molar-refractivity contribution >= 4 is 0 Å². The first-order valence-electron chi connectivity index (χ1n) is 5.35. The molecule has 0 saturated heterocycles.